The van der Waals surface area contributed by atoms with Crippen molar-refractivity contribution in [2.75, 3.05) is 11.9 Å². The first-order valence-electron chi connectivity index (χ1n) is 9.49. The fourth-order valence-electron chi connectivity index (χ4n) is 3.05. The zero-order chi connectivity index (χ0) is 19.9. The maximum atomic E-state index is 7.11. The van der Waals surface area contributed by atoms with Crippen LogP contribution in [0.15, 0.2) is 59.7 Å². The number of nitrogens with one attached hydrogen (secondary N) is 1. The maximum absolute atomic E-state index is 7.11. The number of rotatable bonds is 8. The van der Waals surface area contributed by atoms with E-state index in [-0.39, 0.29) is 12.1 Å². The normalized spacial score (nSPS) is 13.8. The molecule has 1 aliphatic rings. The van der Waals surface area contributed by atoms with Gasteiger partial charge in [-0.3, -0.25) is 4.99 Å². The van der Waals surface area contributed by atoms with Crippen LogP contribution in [0.3, 0.4) is 0 Å². The predicted molar refractivity (Wildman–Crippen MR) is 114 cm³/mol. The molecular weight excluding hydrogens is 350 g/mol. The van der Waals surface area contributed by atoms with Crippen LogP contribution in [0.4, 0.5) is 11.4 Å². The lowest BCUT2D eigenvalue weighted by Crippen LogP contribution is -2.20. The zero-order valence-corrected chi connectivity index (χ0v) is 16.5. The highest BCUT2D eigenvalue weighted by molar-refractivity contribution is 5.95. The van der Waals surface area contributed by atoms with E-state index in [2.05, 4.69) is 15.2 Å². The fourth-order valence-corrected chi connectivity index (χ4v) is 3.05. The lowest BCUT2D eigenvalue weighted by atomic mass is 9.99. The Kier molecular flexibility index (Phi) is 6.33. The molecule has 28 heavy (non-hydrogen) atoms. The molecule has 3 rings (SSSR count). The Morgan fingerprint density at radius 2 is 1.93 bits per heavy atom. The van der Waals surface area contributed by atoms with Gasteiger partial charge >= 0.3 is 0 Å². The van der Waals surface area contributed by atoms with Gasteiger partial charge in [0, 0.05) is 24.0 Å². The third-order valence-electron chi connectivity index (χ3n) is 4.28. The van der Waals surface area contributed by atoms with Crippen LogP contribution >= 0.6 is 0 Å². The second-order valence-electron chi connectivity index (χ2n) is 6.75. The van der Waals surface area contributed by atoms with Crippen molar-refractivity contribution in [3.8, 4) is 11.5 Å². The van der Waals surface area contributed by atoms with E-state index in [4.69, 9.17) is 16.0 Å². The Morgan fingerprint density at radius 3 is 2.54 bits per heavy atom. The van der Waals surface area contributed by atoms with E-state index in [1.54, 1.807) is 0 Å². The van der Waals surface area contributed by atoms with Gasteiger partial charge < -0.3 is 14.8 Å². The summed E-state index contributed by atoms with van der Waals surface area (Å²) >= 11 is 0. The molecule has 1 N–H and O–H groups in total. The molecule has 0 aliphatic carbocycles. The molecule has 0 bridgehead atoms. The van der Waals surface area contributed by atoms with Crippen molar-refractivity contribution in [2.45, 2.75) is 39.3 Å². The molecular formula is C23H25N3O2. The van der Waals surface area contributed by atoms with E-state index in [9.17, 15) is 0 Å². The molecule has 0 saturated carbocycles. The van der Waals surface area contributed by atoms with Crippen LogP contribution in [0.1, 0.15) is 38.8 Å². The topological polar surface area (TPSA) is 47.2 Å². The molecule has 0 saturated heterocycles. The van der Waals surface area contributed by atoms with Crippen LogP contribution in [0.25, 0.3) is 4.85 Å². The molecule has 0 amide bonds. The smallest absolute Gasteiger partial charge is 0.187 e. The number of ether oxygens (including phenoxy) is 2. The highest BCUT2D eigenvalue weighted by Crippen LogP contribution is 2.34. The van der Waals surface area contributed by atoms with Gasteiger partial charge in [0.05, 0.1) is 25.3 Å². The van der Waals surface area contributed by atoms with Crippen LogP contribution in [-0.2, 0) is 0 Å². The van der Waals surface area contributed by atoms with E-state index in [0.717, 1.165) is 34.9 Å². The Bertz CT molecular complexity index is 908. The van der Waals surface area contributed by atoms with Crippen molar-refractivity contribution < 1.29 is 9.47 Å². The number of hydrogen-bond acceptors (Lipinski definition) is 4. The van der Waals surface area contributed by atoms with E-state index in [0.29, 0.717) is 12.3 Å². The summed E-state index contributed by atoms with van der Waals surface area (Å²) in [6.07, 6.45) is 4.76. The van der Waals surface area contributed by atoms with Crippen molar-refractivity contribution in [2.24, 2.45) is 4.99 Å². The molecule has 144 valence electrons. The van der Waals surface area contributed by atoms with E-state index in [1.165, 1.54) is 0 Å². The monoisotopic (exact) mass is 375 g/mol. The first kappa shape index (κ1) is 19.5. The van der Waals surface area contributed by atoms with Gasteiger partial charge in [0.25, 0.3) is 0 Å². The molecule has 5 nitrogen and oxygen atoms in total. The van der Waals surface area contributed by atoms with Gasteiger partial charge in [0.1, 0.15) is 0 Å². The minimum Gasteiger partial charge on any atom is -0.490 e. The number of allylic oxidation sites excluding steroid dienone is 1. The molecule has 2 aromatic rings. The molecule has 1 aliphatic heterocycles. The highest BCUT2D eigenvalue weighted by Gasteiger charge is 2.21. The summed E-state index contributed by atoms with van der Waals surface area (Å²) in [6.45, 7) is 13.6. The van der Waals surface area contributed by atoms with Crippen molar-refractivity contribution in [1.29, 1.82) is 0 Å². The molecule has 2 aromatic carbocycles. The molecule has 0 aromatic heterocycles. The summed E-state index contributed by atoms with van der Waals surface area (Å²) in [5.74, 6) is 1.47. The molecule has 5 heteroatoms. The SMILES string of the molecule is [C-]#[N+]c1ccc(NC(C2=NC=CC2)c2ccc(OC(C)C)c(OCC)c2)cc1. The van der Waals surface area contributed by atoms with Crippen LogP contribution in [0.2, 0.25) is 0 Å². The largest absolute Gasteiger partial charge is 0.490 e. The lowest BCUT2D eigenvalue weighted by Gasteiger charge is -2.23. The van der Waals surface area contributed by atoms with Crippen molar-refractivity contribution >= 4 is 17.1 Å². The van der Waals surface area contributed by atoms with Crippen LogP contribution in [-0.4, -0.2) is 18.4 Å². The second kappa shape index (κ2) is 9.09. The van der Waals surface area contributed by atoms with Gasteiger partial charge in [-0.2, -0.15) is 0 Å². The standard InChI is InChI=1S/C23H25N3O2/c1-5-27-22-15-17(8-13-21(22)28-16(2)3)23(20-7-6-14-25-20)26-19-11-9-18(24-4)10-12-19/h6,8-16,23,26H,5,7H2,1-3H3. The third-order valence-corrected chi connectivity index (χ3v) is 4.28. The van der Waals surface area contributed by atoms with E-state index >= 15 is 0 Å². The highest BCUT2D eigenvalue weighted by atomic mass is 16.5. The Hall–Kier alpha value is -3.26. The summed E-state index contributed by atoms with van der Waals surface area (Å²) in [7, 11) is 0. The van der Waals surface area contributed by atoms with Gasteiger partial charge in [0.2, 0.25) is 0 Å². The average molecular weight is 375 g/mol. The minimum atomic E-state index is -0.0962. The summed E-state index contributed by atoms with van der Waals surface area (Å²) in [5, 5.41) is 3.55. The molecule has 0 radical (unpaired) electrons. The summed E-state index contributed by atoms with van der Waals surface area (Å²) in [5.41, 5.74) is 3.65. The first-order valence-corrected chi connectivity index (χ1v) is 9.49. The van der Waals surface area contributed by atoms with Crippen LogP contribution in [0, 0.1) is 6.57 Å². The molecule has 1 unspecified atom stereocenters. The summed E-state index contributed by atoms with van der Waals surface area (Å²) in [4.78, 5) is 7.99. The Morgan fingerprint density at radius 1 is 1.14 bits per heavy atom. The van der Waals surface area contributed by atoms with E-state index < -0.39 is 0 Å². The quantitative estimate of drug-likeness (QED) is 0.581. The fraction of sp³-hybridized carbons (Fsp3) is 0.304. The molecule has 1 atom stereocenters. The van der Waals surface area contributed by atoms with Gasteiger partial charge in [-0.05, 0) is 50.6 Å². The number of nitrogens with zero attached hydrogens (tertiary/aromatic N) is 2. The molecule has 1 heterocycles. The van der Waals surface area contributed by atoms with Gasteiger partial charge in [-0.1, -0.05) is 24.3 Å². The van der Waals surface area contributed by atoms with Gasteiger partial charge in [0.15, 0.2) is 17.2 Å². The second-order valence-corrected chi connectivity index (χ2v) is 6.75. The van der Waals surface area contributed by atoms with Crippen molar-refractivity contribution in [3.05, 3.63) is 71.7 Å². The first-order chi connectivity index (χ1) is 13.6. The van der Waals surface area contributed by atoms with E-state index in [1.807, 2.05) is 75.5 Å². The number of benzene rings is 2. The summed E-state index contributed by atoms with van der Waals surface area (Å²) in [6, 6.07) is 13.4. The number of anilines is 1. The van der Waals surface area contributed by atoms with Crippen LogP contribution in [0.5, 0.6) is 11.5 Å². The molecule has 0 spiro atoms. The maximum Gasteiger partial charge on any atom is 0.187 e. The Labute approximate surface area is 166 Å². The molecule has 0 fully saturated rings. The third kappa shape index (κ3) is 4.72. The number of aliphatic imine (C=N–C) groups is 1. The summed E-state index contributed by atoms with van der Waals surface area (Å²) < 4.78 is 11.7. The Balaban J connectivity index is 1.93. The zero-order valence-electron chi connectivity index (χ0n) is 16.5. The van der Waals surface area contributed by atoms with Crippen LogP contribution < -0.4 is 14.8 Å². The predicted octanol–water partition coefficient (Wildman–Crippen LogP) is 5.93. The van der Waals surface area contributed by atoms with Crippen molar-refractivity contribution in [1.82, 2.24) is 0 Å². The van der Waals surface area contributed by atoms with Gasteiger partial charge in [-0.15, -0.1) is 0 Å². The van der Waals surface area contributed by atoms with Crippen molar-refractivity contribution in [3.63, 3.8) is 0 Å². The lowest BCUT2D eigenvalue weighted by molar-refractivity contribution is 0.223. The average Bonchev–Trinajstić information content (AvgIpc) is 3.22. The minimum absolute atomic E-state index is 0.0725. The van der Waals surface area contributed by atoms with Gasteiger partial charge in [-0.25, -0.2) is 4.85 Å². The number of hydrogen-bond donors (Lipinski definition) is 1.